The Kier molecular flexibility index (Phi) is 6.28. The lowest BCUT2D eigenvalue weighted by molar-refractivity contribution is 0.129. The molecule has 0 radical (unpaired) electrons. The second-order valence-electron chi connectivity index (χ2n) is 7.07. The average Bonchev–Trinajstić information content (AvgIpc) is 2.90. The molecule has 2 rings (SSSR count). The molecule has 1 aliphatic carbocycles. The molecule has 0 saturated heterocycles. The highest BCUT2D eigenvalue weighted by Crippen LogP contribution is 2.43. The Balaban J connectivity index is 1.88. The minimum Gasteiger partial charge on any atom is -0.338 e. The topological polar surface area (TPSA) is 29.9 Å². The Labute approximate surface area is 130 Å². The maximum absolute atomic E-state index is 4.49. The van der Waals surface area contributed by atoms with E-state index in [4.69, 9.17) is 0 Å². The number of hydrogen-bond donors (Lipinski definition) is 1. The van der Waals surface area contributed by atoms with Gasteiger partial charge in [0.15, 0.2) is 0 Å². The van der Waals surface area contributed by atoms with Crippen molar-refractivity contribution in [1.29, 1.82) is 0 Å². The van der Waals surface area contributed by atoms with Crippen LogP contribution in [0.5, 0.6) is 0 Å². The van der Waals surface area contributed by atoms with Gasteiger partial charge in [0.25, 0.3) is 0 Å². The summed E-state index contributed by atoms with van der Waals surface area (Å²) in [6.07, 6.45) is 16.2. The van der Waals surface area contributed by atoms with Crippen LogP contribution in [-0.4, -0.2) is 23.1 Å². The van der Waals surface area contributed by atoms with Gasteiger partial charge in [-0.15, -0.1) is 0 Å². The Bertz CT molecular complexity index is 402. The summed E-state index contributed by atoms with van der Waals surface area (Å²) in [7, 11) is 4.21. The molecule has 0 bridgehead atoms. The van der Waals surface area contributed by atoms with Crippen LogP contribution in [0.15, 0.2) is 12.4 Å². The van der Waals surface area contributed by atoms with Gasteiger partial charge in [0.2, 0.25) is 0 Å². The Morgan fingerprint density at radius 1 is 1.38 bits per heavy atom. The zero-order valence-corrected chi connectivity index (χ0v) is 14.2. The van der Waals surface area contributed by atoms with E-state index in [1.165, 1.54) is 57.2 Å². The molecule has 1 aliphatic rings. The van der Waals surface area contributed by atoms with Gasteiger partial charge in [-0.2, -0.15) is 0 Å². The summed E-state index contributed by atoms with van der Waals surface area (Å²) >= 11 is 0. The van der Waals surface area contributed by atoms with E-state index in [1.807, 2.05) is 6.20 Å². The molecule has 120 valence electrons. The Hall–Kier alpha value is -0.830. The molecule has 1 aromatic heterocycles. The van der Waals surface area contributed by atoms with E-state index >= 15 is 0 Å². The molecule has 0 spiro atoms. The fraction of sp³-hybridized carbons (Fsp3) is 0.833. The third-order valence-corrected chi connectivity index (χ3v) is 5.48. The normalized spacial score (nSPS) is 26.1. The first-order valence-electron chi connectivity index (χ1n) is 8.80. The lowest BCUT2D eigenvalue weighted by Crippen LogP contribution is -2.37. The first-order valence-corrected chi connectivity index (χ1v) is 8.80. The van der Waals surface area contributed by atoms with Crippen molar-refractivity contribution in [3.05, 3.63) is 18.2 Å². The highest BCUT2D eigenvalue weighted by atomic mass is 15.0. The number of nitrogens with zero attached hydrogens (tertiary/aromatic N) is 2. The number of aryl methyl sites for hydroxylation is 2. The van der Waals surface area contributed by atoms with Crippen molar-refractivity contribution in [3.8, 4) is 0 Å². The molecule has 1 N–H and O–H groups in total. The molecular formula is C18H33N3. The zero-order valence-electron chi connectivity index (χ0n) is 14.2. The summed E-state index contributed by atoms with van der Waals surface area (Å²) in [5.74, 6) is 2.22. The van der Waals surface area contributed by atoms with Crippen LogP contribution in [0.2, 0.25) is 0 Å². The smallest absolute Gasteiger partial charge is 0.108 e. The first kappa shape index (κ1) is 16.5. The second kappa shape index (κ2) is 7.98. The van der Waals surface area contributed by atoms with Crippen LogP contribution in [0.3, 0.4) is 0 Å². The fourth-order valence-electron chi connectivity index (χ4n) is 3.98. The van der Waals surface area contributed by atoms with E-state index in [9.17, 15) is 0 Å². The predicted molar refractivity (Wildman–Crippen MR) is 89.4 cm³/mol. The summed E-state index contributed by atoms with van der Waals surface area (Å²) in [4.78, 5) is 4.49. The van der Waals surface area contributed by atoms with Gasteiger partial charge in [-0.25, -0.2) is 4.98 Å². The third kappa shape index (κ3) is 4.57. The molecule has 1 aromatic rings. The average molecular weight is 291 g/mol. The van der Waals surface area contributed by atoms with Crippen LogP contribution >= 0.6 is 0 Å². The van der Waals surface area contributed by atoms with E-state index < -0.39 is 0 Å². The number of rotatable bonds is 8. The van der Waals surface area contributed by atoms with Gasteiger partial charge in [-0.05, 0) is 50.5 Å². The summed E-state index contributed by atoms with van der Waals surface area (Å²) in [5.41, 5.74) is 0.503. The van der Waals surface area contributed by atoms with Crippen molar-refractivity contribution >= 4 is 0 Å². The molecule has 0 aliphatic heterocycles. The highest BCUT2D eigenvalue weighted by molar-refractivity contribution is 4.95. The molecule has 3 nitrogen and oxygen atoms in total. The first-order chi connectivity index (χ1) is 10.2. The minimum absolute atomic E-state index is 0.503. The SMILES string of the molecule is CCCCC1CCC(CCc2nccn2C)(CNC)CC1. The van der Waals surface area contributed by atoms with Gasteiger partial charge in [0.1, 0.15) is 5.82 Å². The van der Waals surface area contributed by atoms with Crippen molar-refractivity contribution in [2.75, 3.05) is 13.6 Å². The van der Waals surface area contributed by atoms with Crippen LogP contribution in [0, 0.1) is 11.3 Å². The molecule has 1 heterocycles. The molecular weight excluding hydrogens is 258 g/mol. The Morgan fingerprint density at radius 2 is 2.14 bits per heavy atom. The maximum Gasteiger partial charge on any atom is 0.108 e. The number of aromatic nitrogens is 2. The highest BCUT2D eigenvalue weighted by Gasteiger charge is 2.34. The minimum atomic E-state index is 0.503. The molecule has 21 heavy (non-hydrogen) atoms. The van der Waals surface area contributed by atoms with E-state index in [1.54, 1.807) is 0 Å². The van der Waals surface area contributed by atoms with Gasteiger partial charge < -0.3 is 9.88 Å². The lowest BCUT2D eigenvalue weighted by Gasteiger charge is -2.40. The number of hydrogen-bond acceptors (Lipinski definition) is 2. The molecule has 3 heteroatoms. The summed E-state index contributed by atoms with van der Waals surface area (Å²) in [5, 5.41) is 3.45. The van der Waals surface area contributed by atoms with Crippen LogP contribution in [0.1, 0.15) is 64.1 Å². The van der Waals surface area contributed by atoms with Crippen molar-refractivity contribution < 1.29 is 0 Å². The fourth-order valence-corrected chi connectivity index (χ4v) is 3.98. The van der Waals surface area contributed by atoms with E-state index in [0.717, 1.165) is 18.9 Å². The van der Waals surface area contributed by atoms with E-state index in [0.29, 0.717) is 5.41 Å². The number of unbranched alkanes of at least 4 members (excludes halogenated alkanes) is 1. The zero-order chi connectivity index (χ0) is 15.1. The number of nitrogens with one attached hydrogen (secondary N) is 1. The molecule has 0 atom stereocenters. The van der Waals surface area contributed by atoms with Gasteiger partial charge in [0, 0.05) is 32.4 Å². The molecule has 1 saturated carbocycles. The van der Waals surface area contributed by atoms with E-state index in [-0.39, 0.29) is 0 Å². The van der Waals surface area contributed by atoms with Crippen LogP contribution in [0.25, 0.3) is 0 Å². The van der Waals surface area contributed by atoms with Crippen LogP contribution in [0.4, 0.5) is 0 Å². The van der Waals surface area contributed by atoms with Gasteiger partial charge in [0.05, 0.1) is 0 Å². The summed E-state index contributed by atoms with van der Waals surface area (Å²) in [6, 6.07) is 0. The maximum atomic E-state index is 4.49. The second-order valence-corrected chi connectivity index (χ2v) is 7.07. The monoisotopic (exact) mass is 291 g/mol. The van der Waals surface area contributed by atoms with Crippen molar-refractivity contribution in [2.24, 2.45) is 18.4 Å². The predicted octanol–water partition coefficient (Wildman–Crippen LogP) is 3.94. The summed E-state index contributed by atoms with van der Waals surface area (Å²) < 4.78 is 2.17. The van der Waals surface area contributed by atoms with Crippen molar-refractivity contribution in [3.63, 3.8) is 0 Å². The van der Waals surface area contributed by atoms with Crippen molar-refractivity contribution in [1.82, 2.24) is 14.9 Å². The lowest BCUT2D eigenvalue weighted by atomic mass is 9.67. The standard InChI is InChI=1S/C18H33N3/c1-4-5-6-16-7-10-18(11-8-16,15-19-2)12-9-17-20-13-14-21(17)3/h13-14,16,19H,4-12,15H2,1-3H3. The molecule has 1 fully saturated rings. The Morgan fingerprint density at radius 3 is 2.71 bits per heavy atom. The van der Waals surface area contributed by atoms with Gasteiger partial charge >= 0.3 is 0 Å². The third-order valence-electron chi connectivity index (χ3n) is 5.48. The van der Waals surface area contributed by atoms with Crippen LogP contribution in [-0.2, 0) is 13.5 Å². The van der Waals surface area contributed by atoms with Crippen LogP contribution < -0.4 is 5.32 Å². The van der Waals surface area contributed by atoms with Gasteiger partial charge in [-0.1, -0.05) is 26.2 Å². The molecule has 0 amide bonds. The number of imidazole rings is 1. The molecule has 0 aromatic carbocycles. The van der Waals surface area contributed by atoms with Crippen molar-refractivity contribution in [2.45, 2.75) is 64.7 Å². The quantitative estimate of drug-likeness (QED) is 0.786. The largest absolute Gasteiger partial charge is 0.338 e. The summed E-state index contributed by atoms with van der Waals surface area (Å²) in [6.45, 7) is 3.47. The van der Waals surface area contributed by atoms with E-state index in [2.05, 4.69) is 42.1 Å². The molecule has 0 unspecified atom stereocenters. The van der Waals surface area contributed by atoms with Gasteiger partial charge in [-0.3, -0.25) is 0 Å².